The van der Waals surface area contributed by atoms with Crippen molar-refractivity contribution in [2.24, 2.45) is 7.05 Å². The molecule has 0 fully saturated rings. The van der Waals surface area contributed by atoms with Crippen molar-refractivity contribution in [3.63, 3.8) is 0 Å². The molecule has 0 aliphatic heterocycles. The minimum atomic E-state index is -0.182. The lowest BCUT2D eigenvalue weighted by atomic mass is 10.1. The van der Waals surface area contributed by atoms with E-state index in [1.807, 2.05) is 6.92 Å². The first-order chi connectivity index (χ1) is 8.09. The Morgan fingerprint density at radius 3 is 2.82 bits per heavy atom. The standard InChI is InChI=1S/C12H14N4O/c1-8-9(4-3-5-10(8)13)12(17)15-11-6-7-14-16(11)2/h3-7H,13H2,1-2H3,(H,15,17). The van der Waals surface area contributed by atoms with Crippen molar-refractivity contribution >= 4 is 17.4 Å². The molecule has 0 saturated heterocycles. The van der Waals surface area contributed by atoms with Gasteiger partial charge in [0, 0.05) is 24.4 Å². The maximum Gasteiger partial charge on any atom is 0.257 e. The van der Waals surface area contributed by atoms with E-state index >= 15 is 0 Å². The molecule has 0 aliphatic carbocycles. The van der Waals surface area contributed by atoms with Crippen LogP contribution in [0.1, 0.15) is 15.9 Å². The van der Waals surface area contributed by atoms with Gasteiger partial charge in [0.25, 0.3) is 5.91 Å². The highest BCUT2D eigenvalue weighted by Gasteiger charge is 2.11. The number of hydrogen-bond acceptors (Lipinski definition) is 3. The zero-order chi connectivity index (χ0) is 12.4. The first-order valence-electron chi connectivity index (χ1n) is 5.24. The fourth-order valence-corrected chi connectivity index (χ4v) is 1.58. The molecule has 5 heteroatoms. The van der Waals surface area contributed by atoms with Gasteiger partial charge in [-0.05, 0) is 24.6 Å². The maximum absolute atomic E-state index is 12.0. The number of benzene rings is 1. The highest BCUT2D eigenvalue weighted by molar-refractivity contribution is 6.05. The second kappa shape index (κ2) is 4.29. The van der Waals surface area contributed by atoms with Crippen LogP contribution in [0.15, 0.2) is 30.5 Å². The summed E-state index contributed by atoms with van der Waals surface area (Å²) >= 11 is 0. The average molecular weight is 230 g/mol. The molecule has 0 bridgehead atoms. The number of carbonyl (C=O) groups excluding carboxylic acids is 1. The van der Waals surface area contributed by atoms with Gasteiger partial charge in [-0.2, -0.15) is 5.10 Å². The zero-order valence-electron chi connectivity index (χ0n) is 9.77. The van der Waals surface area contributed by atoms with E-state index < -0.39 is 0 Å². The summed E-state index contributed by atoms with van der Waals surface area (Å²) in [4.78, 5) is 12.0. The lowest BCUT2D eigenvalue weighted by Crippen LogP contribution is -2.16. The molecule has 3 N–H and O–H groups in total. The fourth-order valence-electron chi connectivity index (χ4n) is 1.58. The van der Waals surface area contributed by atoms with Crippen LogP contribution >= 0.6 is 0 Å². The van der Waals surface area contributed by atoms with Crippen LogP contribution in [0.2, 0.25) is 0 Å². The van der Waals surface area contributed by atoms with Crippen LogP contribution in [-0.4, -0.2) is 15.7 Å². The number of aromatic nitrogens is 2. The molecule has 2 aromatic rings. The third kappa shape index (κ3) is 2.13. The van der Waals surface area contributed by atoms with Gasteiger partial charge in [-0.25, -0.2) is 0 Å². The number of carbonyl (C=O) groups is 1. The monoisotopic (exact) mass is 230 g/mol. The smallest absolute Gasteiger partial charge is 0.257 e. The van der Waals surface area contributed by atoms with Gasteiger partial charge in [-0.3, -0.25) is 9.48 Å². The van der Waals surface area contributed by atoms with Crippen molar-refractivity contribution in [1.82, 2.24) is 9.78 Å². The zero-order valence-corrected chi connectivity index (χ0v) is 9.77. The number of nitrogen functional groups attached to an aromatic ring is 1. The van der Waals surface area contributed by atoms with Gasteiger partial charge >= 0.3 is 0 Å². The first-order valence-corrected chi connectivity index (χ1v) is 5.24. The van der Waals surface area contributed by atoms with Crippen molar-refractivity contribution in [2.45, 2.75) is 6.92 Å². The van der Waals surface area contributed by atoms with Crippen molar-refractivity contribution in [1.29, 1.82) is 0 Å². The summed E-state index contributed by atoms with van der Waals surface area (Å²) in [5.74, 6) is 0.468. The van der Waals surface area contributed by atoms with Crippen LogP contribution in [-0.2, 0) is 7.05 Å². The first kappa shape index (κ1) is 11.2. The number of hydrogen-bond donors (Lipinski definition) is 2. The van der Waals surface area contributed by atoms with Crippen molar-refractivity contribution in [3.05, 3.63) is 41.6 Å². The Morgan fingerprint density at radius 1 is 1.41 bits per heavy atom. The summed E-state index contributed by atoms with van der Waals surface area (Å²) in [6, 6.07) is 7.02. The summed E-state index contributed by atoms with van der Waals surface area (Å²) in [7, 11) is 1.77. The predicted octanol–water partition coefficient (Wildman–Crippen LogP) is 1.56. The van der Waals surface area contributed by atoms with E-state index in [0.29, 0.717) is 17.1 Å². The van der Waals surface area contributed by atoms with Crippen molar-refractivity contribution in [2.75, 3.05) is 11.1 Å². The molecule has 0 radical (unpaired) electrons. The van der Waals surface area contributed by atoms with Gasteiger partial charge in [0.05, 0.1) is 6.20 Å². The summed E-state index contributed by atoms with van der Waals surface area (Å²) < 4.78 is 1.60. The fraction of sp³-hybridized carbons (Fsp3) is 0.167. The van der Waals surface area contributed by atoms with Crippen LogP contribution < -0.4 is 11.1 Å². The van der Waals surface area contributed by atoms with Crippen LogP contribution in [0.5, 0.6) is 0 Å². The third-order valence-electron chi connectivity index (χ3n) is 2.68. The molecular formula is C12H14N4O. The minimum Gasteiger partial charge on any atom is -0.398 e. The van der Waals surface area contributed by atoms with E-state index in [1.165, 1.54) is 0 Å². The van der Waals surface area contributed by atoms with E-state index in [-0.39, 0.29) is 5.91 Å². The van der Waals surface area contributed by atoms with E-state index in [9.17, 15) is 4.79 Å². The highest BCUT2D eigenvalue weighted by atomic mass is 16.1. The predicted molar refractivity (Wildman–Crippen MR) is 66.8 cm³/mol. The molecule has 17 heavy (non-hydrogen) atoms. The van der Waals surface area contributed by atoms with Crippen LogP contribution in [0.25, 0.3) is 0 Å². The average Bonchev–Trinajstić information content (AvgIpc) is 2.68. The number of nitrogens with one attached hydrogen (secondary N) is 1. The Labute approximate surface area is 99.2 Å². The third-order valence-corrected chi connectivity index (χ3v) is 2.68. The van der Waals surface area contributed by atoms with Gasteiger partial charge in [0.1, 0.15) is 5.82 Å². The number of aryl methyl sites for hydroxylation is 1. The Kier molecular flexibility index (Phi) is 2.82. The van der Waals surface area contributed by atoms with Crippen molar-refractivity contribution in [3.8, 4) is 0 Å². The summed E-state index contributed by atoms with van der Waals surface area (Å²) in [6.07, 6.45) is 1.63. The van der Waals surface area contributed by atoms with E-state index in [0.717, 1.165) is 5.56 Å². The van der Waals surface area contributed by atoms with Gasteiger partial charge in [-0.15, -0.1) is 0 Å². The Hall–Kier alpha value is -2.30. The summed E-state index contributed by atoms with van der Waals surface area (Å²) in [6.45, 7) is 1.83. The van der Waals surface area contributed by atoms with Gasteiger partial charge in [0.15, 0.2) is 0 Å². The van der Waals surface area contributed by atoms with E-state index in [2.05, 4.69) is 10.4 Å². The lowest BCUT2D eigenvalue weighted by molar-refractivity contribution is 0.102. The molecule has 0 spiro atoms. The molecule has 5 nitrogen and oxygen atoms in total. The van der Waals surface area contributed by atoms with Crippen LogP contribution in [0.4, 0.5) is 11.5 Å². The number of nitrogens with zero attached hydrogens (tertiary/aromatic N) is 2. The molecule has 1 heterocycles. The van der Waals surface area contributed by atoms with Crippen LogP contribution in [0, 0.1) is 6.92 Å². The SMILES string of the molecule is Cc1c(N)cccc1C(=O)Nc1ccnn1C. The number of rotatable bonds is 2. The minimum absolute atomic E-state index is 0.182. The van der Waals surface area contributed by atoms with Gasteiger partial charge in [-0.1, -0.05) is 6.07 Å². The maximum atomic E-state index is 12.0. The molecule has 0 atom stereocenters. The van der Waals surface area contributed by atoms with E-state index in [1.54, 1.807) is 42.2 Å². The molecule has 88 valence electrons. The van der Waals surface area contributed by atoms with Gasteiger partial charge < -0.3 is 11.1 Å². The van der Waals surface area contributed by atoms with Crippen molar-refractivity contribution < 1.29 is 4.79 Å². The number of anilines is 2. The second-order valence-electron chi connectivity index (χ2n) is 3.81. The van der Waals surface area contributed by atoms with E-state index in [4.69, 9.17) is 5.73 Å². The molecular weight excluding hydrogens is 216 g/mol. The molecule has 1 aromatic carbocycles. The molecule has 1 amide bonds. The Bertz CT molecular complexity index is 559. The second-order valence-corrected chi connectivity index (χ2v) is 3.81. The Morgan fingerprint density at radius 2 is 2.18 bits per heavy atom. The molecule has 2 rings (SSSR count). The topological polar surface area (TPSA) is 72.9 Å². The number of amides is 1. The quantitative estimate of drug-likeness (QED) is 0.769. The van der Waals surface area contributed by atoms with Crippen LogP contribution in [0.3, 0.4) is 0 Å². The summed E-state index contributed by atoms with van der Waals surface area (Å²) in [5.41, 5.74) is 7.74. The molecule has 1 aromatic heterocycles. The lowest BCUT2D eigenvalue weighted by Gasteiger charge is -2.09. The molecule has 0 saturated carbocycles. The largest absolute Gasteiger partial charge is 0.398 e. The summed E-state index contributed by atoms with van der Waals surface area (Å²) in [5, 5.41) is 6.76. The number of nitrogens with two attached hydrogens (primary N) is 1. The normalized spacial score (nSPS) is 10.2. The highest BCUT2D eigenvalue weighted by Crippen LogP contribution is 2.17. The molecule has 0 unspecified atom stereocenters. The van der Waals surface area contributed by atoms with Gasteiger partial charge in [0.2, 0.25) is 0 Å². The Balaban J connectivity index is 2.27. The molecule has 0 aliphatic rings.